The van der Waals surface area contributed by atoms with Crippen LogP contribution in [0, 0.1) is 0 Å². The summed E-state index contributed by atoms with van der Waals surface area (Å²) < 4.78 is 5.10. The Hall–Kier alpha value is -2.47. The van der Waals surface area contributed by atoms with Crippen LogP contribution < -0.4 is 10.6 Å². The molecule has 0 aliphatic carbocycles. The first-order chi connectivity index (χ1) is 9.29. The molecule has 0 fully saturated rings. The maximum absolute atomic E-state index is 11.6. The van der Waals surface area contributed by atoms with E-state index in [0.717, 1.165) is 5.56 Å². The normalized spacial score (nSPS) is 10.1. The van der Waals surface area contributed by atoms with Gasteiger partial charge in [0.2, 0.25) is 18.2 Å². The van der Waals surface area contributed by atoms with E-state index >= 15 is 0 Å². The molecule has 98 valence electrons. The SMILES string of the molecule is C=CCNCC(=O)Nc1cccc(-c2nnco2)c1. The van der Waals surface area contributed by atoms with Crippen LogP contribution in [0.15, 0.2) is 47.7 Å². The predicted octanol–water partition coefficient (Wildman–Crippen LogP) is 1.45. The van der Waals surface area contributed by atoms with Crippen molar-refractivity contribution in [1.82, 2.24) is 15.5 Å². The molecule has 0 unspecified atom stereocenters. The van der Waals surface area contributed by atoms with Crippen molar-refractivity contribution in [2.75, 3.05) is 18.4 Å². The van der Waals surface area contributed by atoms with Gasteiger partial charge in [-0.3, -0.25) is 4.79 Å². The summed E-state index contributed by atoms with van der Waals surface area (Å²) in [6, 6.07) is 7.22. The second kappa shape index (κ2) is 6.46. The zero-order chi connectivity index (χ0) is 13.5. The third kappa shape index (κ3) is 3.75. The molecule has 1 aromatic heterocycles. The standard InChI is InChI=1S/C13H14N4O2/c1-2-6-14-8-12(18)16-11-5-3-4-10(7-11)13-17-15-9-19-13/h2-5,7,9,14H,1,6,8H2,(H,16,18). The molecule has 2 aromatic rings. The number of aromatic nitrogens is 2. The maximum atomic E-state index is 11.6. The van der Waals surface area contributed by atoms with Crippen LogP contribution >= 0.6 is 0 Å². The minimum absolute atomic E-state index is 0.121. The quantitative estimate of drug-likeness (QED) is 0.605. The number of hydrogen-bond acceptors (Lipinski definition) is 5. The molecule has 6 nitrogen and oxygen atoms in total. The highest BCUT2D eigenvalue weighted by Gasteiger charge is 2.06. The monoisotopic (exact) mass is 258 g/mol. The zero-order valence-corrected chi connectivity index (χ0v) is 10.3. The molecular weight excluding hydrogens is 244 g/mol. The van der Waals surface area contributed by atoms with Crippen LogP contribution in [-0.2, 0) is 4.79 Å². The molecule has 0 atom stereocenters. The Balaban J connectivity index is 1.99. The van der Waals surface area contributed by atoms with Gasteiger partial charge in [0.1, 0.15) is 0 Å². The van der Waals surface area contributed by atoms with E-state index in [9.17, 15) is 4.79 Å². The lowest BCUT2D eigenvalue weighted by molar-refractivity contribution is -0.115. The Bertz CT molecular complexity index is 552. The van der Waals surface area contributed by atoms with Crippen LogP contribution in [0.1, 0.15) is 0 Å². The highest BCUT2D eigenvalue weighted by atomic mass is 16.4. The Labute approximate surface area is 110 Å². The molecule has 0 saturated heterocycles. The predicted molar refractivity (Wildman–Crippen MR) is 71.4 cm³/mol. The summed E-state index contributed by atoms with van der Waals surface area (Å²) >= 11 is 0. The topological polar surface area (TPSA) is 80.0 Å². The van der Waals surface area contributed by atoms with Gasteiger partial charge < -0.3 is 15.1 Å². The summed E-state index contributed by atoms with van der Waals surface area (Å²) in [5.41, 5.74) is 1.44. The third-order valence-corrected chi connectivity index (χ3v) is 2.33. The number of nitrogens with zero attached hydrogens (tertiary/aromatic N) is 2. The summed E-state index contributed by atoms with van der Waals surface area (Å²) in [7, 11) is 0. The molecule has 2 N–H and O–H groups in total. The van der Waals surface area contributed by atoms with Gasteiger partial charge in [0.05, 0.1) is 6.54 Å². The largest absolute Gasteiger partial charge is 0.423 e. The first-order valence-corrected chi connectivity index (χ1v) is 5.77. The van der Waals surface area contributed by atoms with Crippen LogP contribution in [0.5, 0.6) is 0 Å². The lowest BCUT2D eigenvalue weighted by atomic mass is 10.2. The van der Waals surface area contributed by atoms with Crippen LogP contribution in [0.4, 0.5) is 5.69 Å². The number of anilines is 1. The van der Waals surface area contributed by atoms with Crippen LogP contribution in [0.2, 0.25) is 0 Å². The highest BCUT2D eigenvalue weighted by molar-refractivity contribution is 5.92. The summed E-state index contributed by atoms with van der Waals surface area (Å²) in [4.78, 5) is 11.6. The molecular formula is C13H14N4O2. The molecule has 0 bridgehead atoms. The van der Waals surface area contributed by atoms with Gasteiger partial charge in [-0.1, -0.05) is 12.1 Å². The van der Waals surface area contributed by atoms with Gasteiger partial charge in [-0.05, 0) is 18.2 Å². The summed E-state index contributed by atoms with van der Waals surface area (Å²) in [5, 5.41) is 13.1. The Kier molecular flexibility index (Phi) is 4.41. The van der Waals surface area contributed by atoms with Crippen molar-refractivity contribution in [2.45, 2.75) is 0 Å². The fourth-order valence-corrected chi connectivity index (χ4v) is 1.52. The second-order valence-electron chi connectivity index (χ2n) is 3.79. The number of carbonyl (C=O) groups is 1. The van der Waals surface area contributed by atoms with E-state index in [0.29, 0.717) is 18.1 Å². The molecule has 0 aliphatic heterocycles. The van der Waals surface area contributed by atoms with E-state index in [1.165, 1.54) is 6.39 Å². The first-order valence-electron chi connectivity index (χ1n) is 5.77. The van der Waals surface area contributed by atoms with E-state index in [1.54, 1.807) is 18.2 Å². The van der Waals surface area contributed by atoms with E-state index in [2.05, 4.69) is 27.4 Å². The van der Waals surface area contributed by atoms with Crippen molar-refractivity contribution in [3.63, 3.8) is 0 Å². The van der Waals surface area contributed by atoms with Gasteiger partial charge in [0, 0.05) is 17.8 Å². The van der Waals surface area contributed by atoms with E-state index in [1.807, 2.05) is 12.1 Å². The lowest BCUT2D eigenvalue weighted by Crippen LogP contribution is -2.28. The number of carbonyl (C=O) groups excluding carboxylic acids is 1. The zero-order valence-electron chi connectivity index (χ0n) is 10.3. The Morgan fingerprint density at radius 1 is 1.47 bits per heavy atom. The van der Waals surface area contributed by atoms with Crippen molar-refractivity contribution in [3.05, 3.63) is 43.3 Å². The van der Waals surface area contributed by atoms with Gasteiger partial charge in [-0.15, -0.1) is 16.8 Å². The molecule has 0 saturated carbocycles. The third-order valence-electron chi connectivity index (χ3n) is 2.33. The van der Waals surface area contributed by atoms with Gasteiger partial charge in [-0.25, -0.2) is 0 Å². The average molecular weight is 258 g/mol. The lowest BCUT2D eigenvalue weighted by Gasteiger charge is -2.06. The van der Waals surface area contributed by atoms with Crippen molar-refractivity contribution in [2.24, 2.45) is 0 Å². The van der Waals surface area contributed by atoms with Crippen molar-refractivity contribution in [1.29, 1.82) is 0 Å². The number of benzene rings is 1. The number of hydrogen-bond donors (Lipinski definition) is 2. The molecule has 19 heavy (non-hydrogen) atoms. The van der Waals surface area contributed by atoms with Gasteiger partial charge in [0.25, 0.3) is 0 Å². The van der Waals surface area contributed by atoms with E-state index < -0.39 is 0 Å². The molecule has 2 rings (SSSR count). The summed E-state index contributed by atoms with van der Waals surface area (Å²) in [6.07, 6.45) is 2.96. The second-order valence-corrected chi connectivity index (χ2v) is 3.79. The Morgan fingerprint density at radius 2 is 2.37 bits per heavy atom. The summed E-state index contributed by atoms with van der Waals surface area (Å²) in [5.74, 6) is 0.297. The highest BCUT2D eigenvalue weighted by Crippen LogP contribution is 2.20. The van der Waals surface area contributed by atoms with E-state index in [-0.39, 0.29) is 12.5 Å². The van der Waals surface area contributed by atoms with Crippen LogP contribution in [0.3, 0.4) is 0 Å². The fraction of sp³-hybridized carbons (Fsp3) is 0.154. The Morgan fingerprint density at radius 3 is 3.11 bits per heavy atom. The first kappa shape index (κ1) is 13.0. The number of nitrogens with one attached hydrogen (secondary N) is 2. The minimum Gasteiger partial charge on any atom is -0.423 e. The van der Waals surface area contributed by atoms with Crippen LogP contribution in [0.25, 0.3) is 11.5 Å². The molecule has 1 heterocycles. The minimum atomic E-state index is -0.121. The van der Waals surface area contributed by atoms with Crippen molar-refractivity contribution in [3.8, 4) is 11.5 Å². The average Bonchev–Trinajstić information content (AvgIpc) is 2.93. The molecule has 6 heteroatoms. The molecule has 0 radical (unpaired) electrons. The smallest absolute Gasteiger partial charge is 0.247 e. The van der Waals surface area contributed by atoms with Gasteiger partial charge in [0.15, 0.2) is 0 Å². The number of rotatable bonds is 6. The van der Waals surface area contributed by atoms with E-state index in [4.69, 9.17) is 4.42 Å². The number of amides is 1. The molecule has 1 aromatic carbocycles. The van der Waals surface area contributed by atoms with Gasteiger partial charge >= 0.3 is 0 Å². The molecule has 1 amide bonds. The molecule has 0 spiro atoms. The van der Waals surface area contributed by atoms with Gasteiger partial charge in [-0.2, -0.15) is 0 Å². The maximum Gasteiger partial charge on any atom is 0.247 e. The summed E-state index contributed by atoms with van der Waals surface area (Å²) in [6.45, 7) is 4.39. The molecule has 0 aliphatic rings. The van der Waals surface area contributed by atoms with Crippen molar-refractivity contribution >= 4 is 11.6 Å². The van der Waals surface area contributed by atoms with Crippen LogP contribution in [-0.4, -0.2) is 29.2 Å². The van der Waals surface area contributed by atoms with Crippen molar-refractivity contribution < 1.29 is 9.21 Å². The fourth-order valence-electron chi connectivity index (χ4n) is 1.52.